The maximum atomic E-state index is 12.9. The first kappa shape index (κ1) is 27.1. The molecule has 1 amide bonds. The third kappa shape index (κ3) is 6.59. The van der Waals surface area contributed by atoms with Crippen LogP contribution in [-0.2, 0) is 4.79 Å². The number of methoxy groups -OCH3 is 1. The molecule has 0 aliphatic heterocycles. The lowest BCUT2D eigenvalue weighted by molar-refractivity contribution is -0.127. The summed E-state index contributed by atoms with van der Waals surface area (Å²) in [6, 6.07) is 35.4. The summed E-state index contributed by atoms with van der Waals surface area (Å²) in [5, 5.41) is 5.90. The number of amides is 1. The van der Waals surface area contributed by atoms with Crippen LogP contribution in [0.15, 0.2) is 120 Å². The zero-order valence-corrected chi connectivity index (χ0v) is 22.6. The average Bonchev–Trinajstić information content (AvgIpc) is 3.02. The lowest BCUT2D eigenvalue weighted by Crippen LogP contribution is -2.33. The number of carbonyl (C=O) groups is 2. The maximum Gasteiger partial charge on any atom is 0.343 e. The Kier molecular flexibility index (Phi) is 8.35. The minimum atomic E-state index is -0.797. The Morgan fingerprint density at radius 3 is 2.15 bits per heavy atom. The molecule has 7 heteroatoms. The van der Waals surface area contributed by atoms with Crippen LogP contribution >= 0.6 is 0 Å². The van der Waals surface area contributed by atoms with Crippen molar-refractivity contribution < 1.29 is 23.8 Å². The molecule has 0 heterocycles. The molecule has 0 radical (unpaired) electrons. The van der Waals surface area contributed by atoms with Crippen molar-refractivity contribution in [3.05, 3.63) is 126 Å². The van der Waals surface area contributed by atoms with Gasteiger partial charge in [0.2, 0.25) is 0 Å². The maximum absolute atomic E-state index is 12.9. The van der Waals surface area contributed by atoms with Crippen LogP contribution in [0.3, 0.4) is 0 Å². The van der Waals surface area contributed by atoms with Crippen LogP contribution < -0.4 is 19.6 Å². The molecule has 41 heavy (non-hydrogen) atoms. The molecule has 5 aromatic carbocycles. The first-order valence-corrected chi connectivity index (χ1v) is 13.0. The molecule has 0 bridgehead atoms. The molecule has 5 rings (SSSR count). The van der Waals surface area contributed by atoms with Crippen LogP contribution in [0.5, 0.6) is 17.2 Å². The molecule has 0 unspecified atom stereocenters. The van der Waals surface area contributed by atoms with Crippen LogP contribution in [0, 0.1) is 0 Å². The predicted octanol–water partition coefficient (Wildman–Crippen LogP) is 6.65. The van der Waals surface area contributed by atoms with E-state index in [1.54, 1.807) is 44.4 Å². The number of hydrogen-bond acceptors (Lipinski definition) is 6. The summed E-state index contributed by atoms with van der Waals surface area (Å²) in [5.41, 5.74) is 5.61. The molecule has 1 atom stereocenters. The highest BCUT2D eigenvalue weighted by Gasteiger charge is 2.16. The van der Waals surface area contributed by atoms with Crippen LogP contribution in [0.2, 0.25) is 0 Å². The van der Waals surface area contributed by atoms with E-state index < -0.39 is 18.0 Å². The van der Waals surface area contributed by atoms with Crippen molar-refractivity contribution in [2.75, 3.05) is 7.11 Å². The van der Waals surface area contributed by atoms with E-state index >= 15 is 0 Å². The Morgan fingerprint density at radius 1 is 0.756 bits per heavy atom. The van der Waals surface area contributed by atoms with E-state index in [4.69, 9.17) is 14.2 Å². The topological polar surface area (TPSA) is 86.2 Å². The largest absolute Gasteiger partial charge is 0.497 e. The molecule has 0 aliphatic rings. The molecule has 204 valence electrons. The van der Waals surface area contributed by atoms with Crippen LogP contribution in [0.1, 0.15) is 22.8 Å². The van der Waals surface area contributed by atoms with Crippen molar-refractivity contribution in [1.82, 2.24) is 5.43 Å². The molecular formula is C34H28N2O5. The molecule has 0 aromatic heterocycles. The summed E-state index contributed by atoms with van der Waals surface area (Å²) < 4.78 is 16.7. The molecule has 0 saturated carbocycles. The highest BCUT2D eigenvalue weighted by molar-refractivity contribution is 6.04. The van der Waals surface area contributed by atoms with E-state index in [0.717, 1.165) is 21.9 Å². The smallest absolute Gasteiger partial charge is 0.343 e. The fourth-order valence-electron chi connectivity index (χ4n) is 4.25. The van der Waals surface area contributed by atoms with E-state index in [2.05, 4.69) is 10.5 Å². The number of hydrogen-bond donors (Lipinski definition) is 1. The Balaban J connectivity index is 1.28. The zero-order valence-electron chi connectivity index (χ0n) is 22.6. The number of benzene rings is 5. The van der Waals surface area contributed by atoms with E-state index in [1.165, 1.54) is 6.21 Å². The number of carbonyl (C=O) groups excluding carboxylic acids is 2. The van der Waals surface area contributed by atoms with Gasteiger partial charge in [-0.1, -0.05) is 72.8 Å². The van der Waals surface area contributed by atoms with Gasteiger partial charge in [0.05, 0.1) is 18.9 Å². The van der Waals surface area contributed by atoms with E-state index in [0.29, 0.717) is 28.4 Å². The fraction of sp³-hybridized carbons (Fsp3) is 0.0882. The van der Waals surface area contributed by atoms with Crippen LogP contribution in [-0.4, -0.2) is 31.3 Å². The SMILES string of the molecule is COc1ccc(C(=O)Oc2ccc3ccccc3c2/C=N\NC(=O)[C@@H](C)Oc2ccc(-c3ccccc3)cc2)cc1. The van der Waals surface area contributed by atoms with Gasteiger partial charge in [-0.05, 0) is 71.3 Å². The number of hydrazone groups is 1. The molecule has 0 fully saturated rings. The first-order valence-electron chi connectivity index (χ1n) is 13.0. The first-order chi connectivity index (χ1) is 20.0. The number of fused-ring (bicyclic) bond motifs is 1. The summed E-state index contributed by atoms with van der Waals surface area (Å²) in [6.45, 7) is 1.65. The second-order valence-corrected chi connectivity index (χ2v) is 9.20. The highest BCUT2D eigenvalue weighted by atomic mass is 16.5. The summed E-state index contributed by atoms with van der Waals surface area (Å²) >= 11 is 0. The monoisotopic (exact) mass is 544 g/mol. The van der Waals surface area contributed by atoms with Gasteiger partial charge >= 0.3 is 5.97 Å². The summed E-state index contributed by atoms with van der Waals surface area (Å²) in [6.07, 6.45) is 0.674. The summed E-state index contributed by atoms with van der Waals surface area (Å²) in [7, 11) is 1.56. The van der Waals surface area contributed by atoms with E-state index in [-0.39, 0.29) is 0 Å². The number of rotatable bonds is 9. The van der Waals surface area contributed by atoms with Gasteiger partial charge in [0, 0.05) is 5.56 Å². The molecule has 5 aromatic rings. The van der Waals surface area contributed by atoms with Gasteiger partial charge in [-0.2, -0.15) is 5.10 Å². The van der Waals surface area contributed by atoms with Crippen LogP contribution in [0.25, 0.3) is 21.9 Å². The van der Waals surface area contributed by atoms with Crippen LogP contribution in [0.4, 0.5) is 0 Å². The Bertz CT molecular complexity index is 1680. The van der Waals surface area contributed by atoms with Gasteiger partial charge in [-0.25, -0.2) is 10.2 Å². The number of ether oxygens (including phenoxy) is 3. The lowest BCUT2D eigenvalue weighted by atomic mass is 10.0. The second kappa shape index (κ2) is 12.6. The van der Waals surface area contributed by atoms with Gasteiger partial charge in [0.1, 0.15) is 17.2 Å². The quantitative estimate of drug-likeness (QED) is 0.0972. The van der Waals surface area contributed by atoms with Gasteiger partial charge in [-0.3, -0.25) is 4.79 Å². The summed E-state index contributed by atoms with van der Waals surface area (Å²) in [5.74, 6) is 0.564. The molecular weight excluding hydrogens is 516 g/mol. The van der Waals surface area contributed by atoms with Gasteiger partial charge in [0.25, 0.3) is 5.91 Å². The van der Waals surface area contributed by atoms with Gasteiger partial charge in [0.15, 0.2) is 6.10 Å². The number of nitrogens with one attached hydrogen (secondary N) is 1. The van der Waals surface area contributed by atoms with E-state index in [1.807, 2.05) is 84.9 Å². The third-order valence-electron chi connectivity index (χ3n) is 6.47. The molecule has 0 saturated heterocycles. The second-order valence-electron chi connectivity index (χ2n) is 9.20. The van der Waals surface area contributed by atoms with Crippen molar-refractivity contribution in [1.29, 1.82) is 0 Å². The standard InChI is InChI=1S/C34H28N2O5/c1-23(40-29-19-12-25(13-20-29)24-8-4-3-5-9-24)33(37)36-35-22-31-30-11-7-6-10-26(30)16-21-32(31)41-34(38)27-14-17-28(39-2)18-15-27/h3-23H,1-2H3,(H,36,37)/b35-22-/t23-/m1/s1. The molecule has 7 nitrogen and oxygen atoms in total. The zero-order chi connectivity index (χ0) is 28.6. The van der Waals surface area contributed by atoms with Crippen molar-refractivity contribution in [2.45, 2.75) is 13.0 Å². The van der Waals surface area contributed by atoms with Gasteiger partial charge < -0.3 is 14.2 Å². The van der Waals surface area contributed by atoms with E-state index in [9.17, 15) is 9.59 Å². The van der Waals surface area contributed by atoms with Crippen molar-refractivity contribution in [3.8, 4) is 28.4 Å². The number of esters is 1. The molecule has 0 aliphatic carbocycles. The van der Waals surface area contributed by atoms with Crippen molar-refractivity contribution >= 4 is 28.9 Å². The minimum Gasteiger partial charge on any atom is -0.497 e. The highest BCUT2D eigenvalue weighted by Crippen LogP contribution is 2.28. The summed E-state index contributed by atoms with van der Waals surface area (Å²) in [4.78, 5) is 25.6. The number of nitrogens with zero attached hydrogens (tertiary/aromatic N) is 1. The molecule has 1 N–H and O–H groups in total. The average molecular weight is 545 g/mol. The van der Waals surface area contributed by atoms with Crippen molar-refractivity contribution in [2.24, 2.45) is 5.10 Å². The van der Waals surface area contributed by atoms with Gasteiger partial charge in [-0.15, -0.1) is 0 Å². The Hall–Kier alpha value is -5.43. The predicted molar refractivity (Wildman–Crippen MR) is 160 cm³/mol. The Labute approximate surface area is 238 Å². The lowest BCUT2D eigenvalue weighted by Gasteiger charge is -2.14. The Morgan fingerprint density at radius 2 is 1.41 bits per heavy atom. The fourth-order valence-corrected chi connectivity index (χ4v) is 4.25. The third-order valence-corrected chi connectivity index (χ3v) is 6.47. The normalized spacial score (nSPS) is 11.7. The molecule has 0 spiro atoms. The minimum absolute atomic E-state index is 0.310. The van der Waals surface area contributed by atoms with Crippen molar-refractivity contribution in [3.63, 3.8) is 0 Å².